The largest absolute Gasteiger partial charge is 0.477 e. The standard InChI is InChI=1S/C21H23N5O2/c1-16-13-19-15-25(10-11-26(19)24-16)21(27)23-18-7-8-20(22-14-18)28-12-9-17-5-3-2-4-6-17/h2-8,13-14H,9-12,15H2,1H3,(H,23,27). The van der Waals surface area contributed by atoms with Gasteiger partial charge in [-0.1, -0.05) is 30.3 Å². The Morgan fingerprint density at radius 2 is 2.04 bits per heavy atom. The highest BCUT2D eigenvalue weighted by Gasteiger charge is 2.21. The van der Waals surface area contributed by atoms with Gasteiger partial charge >= 0.3 is 6.03 Å². The van der Waals surface area contributed by atoms with Crippen LogP contribution in [0.2, 0.25) is 0 Å². The molecule has 4 rings (SSSR count). The van der Waals surface area contributed by atoms with Crippen LogP contribution >= 0.6 is 0 Å². The van der Waals surface area contributed by atoms with Crippen LogP contribution in [0.25, 0.3) is 0 Å². The number of nitrogens with zero attached hydrogens (tertiary/aromatic N) is 4. The zero-order chi connectivity index (χ0) is 19.3. The molecule has 0 bridgehead atoms. The molecule has 0 atom stereocenters. The number of benzene rings is 1. The summed E-state index contributed by atoms with van der Waals surface area (Å²) in [7, 11) is 0. The Labute approximate surface area is 164 Å². The topological polar surface area (TPSA) is 72.3 Å². The third kappa shape index (κ3) is 4.31. The molecule has 7 nitrogen and oxygen atoms in total. The quantitative estimate of drug-likeness (QED) is 0.741. The SMILES string of the molecule is Cc1cc2n(n1)CCN(C(=O)Nc1ccc(OCCc3ccccc3)nc1)C2. The van der Waals surface area contributed by atoms with Gasteiger partial charge in [-0.25, -0.2) is 9.78 Å². The lowest BCUT2D eigenvalue weighted by atomic mass is 10.2. The predicted molar refractivity (Wildman–Crippen MR) is 106 cm³/mol. The van der Waals surface area contributed by atoms with Crippen LogP contribution in [0.15, 0.2) is 54.7 Å². The summed E-state index contributed by atoms with van der Waals surface area (Å²) in [6, 6.07) is 15.6. The van der Waals surface area contributed by atoms with Crippen molar-refractivity contribution in [3.8, 4) is 5.88 Å². The number of hydrogen-bond acceptors (Lipinski definition) is 4. The van der Waals surface area contributed by atoms with E-state index >= 15 is 0 Å². The van der Waals surface area contributed by atoms with E-state index in [0.717, 1.165) is 17.8 Å². The van der Waals surface area contributed by atoms with E-state index in [2.05, 4.69) is 27.5 Å². The number of pyridine rings is 1. The van der Waals surface area contributed by atoms with Crippen LogP contribution in [0, 0.1) is 6.92 Å². The number of anilines is 1. The van der Waals surface area contributed by atoms with E-state index in [-0.39, 0.29) is 6.03 Å². The molecule has 0 aliphatic carbocycles. The predicted octanol–water partition coefficient (Wildman–Crippen LogP) is 3.26. The second-order valence-electron chi connectivity index (χ2n) is 6.82. The third-order valence-electron chi connectivity index (χ3n) is 4.68. The summed E-state index contributed by atoms with van der Waals surface area (Å²) in [6.07, 6.45) is 2.44. The molecule has 2 aromatic heterocycles. The third-order valence-corrected chi connectivity index (χ3v) is 4.68. The van der Waals surface area contributed by atoms with Gasteiger partial charge in [0.05, 0.1) is 43.0 Å². The molecule has 0 radical (unpaired) electrons. The zero-order valence-corrected chi connectivity index (χ0v) is 15.8. The Bertz CT molecular complexity index is 937. The van der Waals surface area contributed by atoms with Crippen LogP contribution < -0.4 is 10.1 Å². The molecule has 0 fully saturated rings. The van der Waals surface area contributed by atoms with Crippen LogP contribution in [0.3, 0.4) is 0 Å². The molecule has 0 spiro atoms. The van der Waals surface area contributed by atoms with Gasteiger partial charge < -0.3 is 15.0 Å². The lowest BCUT2D eigenvalue weighted by Gasteiger charge is -2.27. The minimum atomic E-state index is -0.135. The maximum absolute atomic E-state index is 12.5. The Kier molecular flexibility index (Phi) is 5.23. The first-order chi connectivity index (χ1) is 13.7. The minimum Gasteiger partial charge on any atom is -0.477 e. The molecule has 3 heterocycles. The van der Waals surface area contributed by atoms with Crippen molar-refractivity contribution >= 4 is 11.7 Å². The van der Waals surface area contributed by atoms with Crippen molar-refractivity contribution < 1.29 is 9.53 Å². The molecule has 0 unspecified atom stereocenters. The number of nitrogens with one attached hydrogen (secondary N) is 1. The molecule has 1 N–H and O–H groups in total. The Balaban J connectivity index is 1.27. The highest BCUT2D eigenvalue weighted by molar-refractivity contribution is 5.89. The van der Waals surface area contributed by atoms with Crippen molar-refractivity contribution in [3.05, 3.63) is 71.7 Å². The molecule has 0 saturated heterocycles. The maximum atomic E-state index is 12.5. The highest BCUT2D eigenvalue weighted by atomic mass is 16.5. The van der Waals surface area contributed by atoms with Gasteiger partial charge in [-0.05, 0) is 24.6 Å². The first-order valence-electron chi connectivity index (χ1n) is 9.39. The minimum absolute atomic E-state index is 0.135. The van der Waals surface area contributed by atoms with Gasteiger partial charge in [0, 0.05) is 19.0 Å². The monoisotopic (exact) mass is 377 g/mol. The molecule has 3 aromatic rings. The summed E-state index contributed by atoms with van der Waals surface area (Å²) in [6.45, 7) is 4.42. The Morgan fingerprint density at radius 1 is 1.18 bits per heavy atom. The van der Waals surface area contributed by atoms with Gasteiger partial charge in [-0.2, -0.15) is 5.10 Å². The fourth-order valence-electron chi connectivity index (χ4n) is 3.24. The zero-order valence-electron chi connectivity index (χ0n) is 15.8. The van der Waals surface area contributed by atoms with E-state index < -0.39 is 0 Å². The van der Waals surface area contributed by atoms with Gasteiger partial charge in [0.15, 0.2) is 0 Å². The summed E-state index contributed by atoms with van der Waals surface area (Å²) in [4.78, 5) is 18.6. The maximum Gasteiger partial charge on any atom is 0.322 e. The first-order valence-corrected chi connectivity index (χ1v) is 9.39. The number of rotatable bonds is 5. The molecule has 2 amide bonds. The van der Waals surface area contributed by atoms with Crippen LogP contribution in [0.1, 0.15) is 17.0 Å². The second kappa shape index (κ2) is 8.12. The fraction of sp³-hybridized carbons (Fsp3) is 0.286. The number of aromatic nitrogens is 3. The number of fused-ring (bicyclic) bond motifs is 1. The average molecular weight is 377 g/mol. The van der Waals surface area contributed by atoms with Crippen molar-refractivity contribution in [3.63, 3.8) is 0 Å². The number of aryl methyl sites for hydroxylation is 1. The second-order valence-corrected chi connectivity index (χ2v) is 6.82. The molecule has 7 heteroatoms. The van der Waals surface area contributed by atoms with E-state index in [1.165, 1.54) is 5.56 Å². The number of ether oxygens (including phenoxy) is 1. The van der Waals surface area contributed by atoms with Crippen molar-refractivity contribution in [1.82, 2.24) is 19.7 Å². The van der Waals surface area contributed by atoms with Gasteiger partial charge in [-0.15, -0.1) is 0 Å². The van der Waals surface area contributed by atoms with Gasteiger partial charge in [0.1, 0.15) is 0 Å². The highest BCUT2D eigenvalue weighted by Crippen LogP contribution is 2.16. The Morgan fingerprint density at radius 3 is 2.82 bits per heavy atom. The molecule has 1 aliphatic rings. The van der Waals surface area contributed by atoms with E-state index in [1.54, 1.807) is 23.2 Å². The summed E-state index contributed by atoms with van der Waals surface area (Å²) in [5, 5.41) is 7.31. The molecular weight excluding hydrogens is 354 g/mol. The Hall–Kier alpha value is -3.35. The smallest absolute Gasteiger partial charge is 0.322 e. The van der Waals surface area contributed by atoms with Crippen LogP contribution in [0.4, 0.5) is 10.5 Å². The lowest BCUT2D eigenvalue weighted by Crippen LogP contribution is -2.40. The average Bonchev–Trinajstić information content (AvgIpc) is 3.09. The van der Waals surface area contributed by atoms with Crippen molar-refractivity contribution in [2.24, 2.45) is 0 Å². The van der Waals surface area contributed by atoms with Gasteiger partial charge in [0.25, 0.3) is 0 Å². The van der Waals surface area contributed by atoms with E-state index in [0.29, 0.717) is 37.8 Å². The number of carbonyl (C=O) groups is 1. The summed E-state index contributed by atoms with van der Waals surface area (Å²) in [5.74, 6) is 0.547. The molecule has 0 saturated carbocycles. The van der Waals surface area contributed by atoms with Crippen molar-refractivity contribution in [2.45, 2.75) is 26.4 Å². The molecule has 1 aromatic carbocycles. The first kappa shape index (κ1) is 18.0. The van der Waals surface area contributed by atoms with E-state index in [1.807, 2.05) is 35.9 Å². The van der Waals surface area contributed by atoms with Gasteiger partial charge in [-0.3, -0.25) is 4.68 Å². The molecule has 1 aliphatic heterocycles. The molecule has 144 valence electrons. The number of amides is 2. The van der Waals surface area contributed by atoms with Crippen LogP contribution in [-0.4, -0.2) is 38.8 Å². The molecular formula is C21H23N5O2. The van der Waals surface area contributed by atoms with Gasteiger partial charge in [0.2, 0.25) is 5.88 Å². The molecule has 28 heavy (non-hydrogen) atoms. The fourth-order valence-corrected chi connectivity index (χ4v) is 3.24. The lowest BCUT2D eigenvalue weighted by molar-refractivity contribution is 0.194. The van der Waals surface area contributed by atoms with E-state index in [9.17, 15) is 4.79 Å². The summed E-state index contributed by atoms with van der Waals surface area (Å²) in [5.41, 5.74) is 3.91. The van der Waals surface area contributed by atoms with Crippen LogP contribution in [0.5, 0.6) is 5.88 Å². The summed E-state index contributed by atoms with van der Waals surface area (Å²) >= 11 is 0. The number of carbonyl (C=O) groups excluding carboxylic acids is 1. The van der Waals surface area contributed by atoms with E-state index in [4.69, 9.17) is 4.74 Å². The van der Waals surface area contributed by atoms with Crippen molar-refractivity contribution in [2.75, 3.05) is 18.5 Å². The van der Waals surface area contributed by atoms with Crippen molar-refractivity contribution in [1.29, 1.82) is 0 Å². The number of urea groups is 1. The van der Waals surface area contributed by atoms with Crippen LogP contribution in [-0.2, 0) is 19.5 Å². The summed E-state index contributed by atoms with van der Waals surface area (Å²) < 4.78 is 7.64. The number of hydrogen-bond donors (Lipinski definition) is 1. The normalized spacial score (nSPS) is 13.1.